The summed E-state index contributed by atoms with van der Waals surface area (Å²) < 4.78 is 5.36. The average molecular weight is 271 g/mol. The van der Waals surface area contributed by atoms with Crippen LogP contribution in [-0.4, -0.2) is 23.2 Å². The molecular weight excluding hydrogens is 254 g/mol. The van der Waals surface area contributed by atoms with E-state index in [0.29, 0.717) is 12.0 Å². The molecule has 0 fully saturated rings. The van der Waals surface area contributed by atoms with E-state index in [1.807, 2.05) is 25.1 Å². The highest BCUT2D eigenvalue weighted by molar-refractivity contribution is 5.89. The lowest BCUT2D eigenvalue weighted by Crippen LogP contribution is -2.05. The third-order valence-electron chi connectivity index (χ3n) is 3.24. The number of hydrogen-bond acceptors (Lipinski definition) is 3. The molecule has 2 aromatic rings. The summed E-state index contributed by atoms with van der Waals surface area (Å²) in [6, 6.07) is 7.56. The van der Waals surface area contributed by atoms with Crippen molar-refractivity contribution in [3.05, 3.63) is 58.9 Å². The molecule has 0 aliphatic carbocycles. The van der Waals surface area contributed by atoms with Crippen LogP contribution < -0.4 is 4.74 Å². The van der Waals surface area contributed by atoms with Crippen molar-refractivity contribution in [3.63, 3.8) is 0 Å². The molecule has 1 N–H and O–H groups in total. The second-order valence-corrected chi connectivity index (χ2v) is 4.65. The Morgan fingerprint density at radius 1 is 1.25 bits per heavy atom. The zero-order valence-corrected chi connectivity index (χ0v) is 11.6. The van der Waals surface area contributed by atoms with E-state index < -0.39 is 5.97 Å². The van der Waals surface area contributed by atoms with Crippen molar-refractivity contribution in [2.75, 3.05) is 7.11 Å². The van der Waals surface area contributed by atoms with Gasteiger partial charge in [0.25, 0.3) is 0 Å². The smallest absolute Gasteiger partial charge is 0.336 e. The Labute approximate surface area is 118 Å². The van der Waals surface area contributed by atoms with Crippen molar-refractivity contribution < 1.29 is 14.6 Å². The van der Waals surface area contributed by atoms with Gasteiger partial charge < -0.3 is 9.84 Å². The molecule has 2 rings (SSSR count). The van der Waals surface area contributed by atoms with Gasteiger partial charge in [0.2, 0.25) is 0 Å². The summed E-state index contributed by atoms with van der Waals surface area (Å²) in [4.78, 5) is 15.2. The number of carbonyl (C=O) groups is 1. The molecule has 0 aliphatic heterocycles. The van der Waals surface area contributed by atoms with E-state index in [2.05, 4.69) is 4.98 Å². The third kappa shape index (κ3) is 3.15. The molecule has 0 radical (unpaired) electrons. The number of aromatic nitrogens is 1. The molecule has 0 unspecified atom stereocenters. The fraction of sp³-hybridized carbons (Fsp3) is 0.250. The number of carboxylic acid groups (broad SMARTS) is 1. The normalized spacial score (nSPS) is 10.3. The Hall–Kier alpha value is -2.36. The number of methoxy groups -OCH3 is 1. The molecule has 0 atom stereocenters. The molecule has 0 aliphatic rings. The van der Waals surface area contributed by atoms with Crippen LogP contribution >= 0.6 is 0 Å². The molecule has 0 saturated carbocycles. The van der Waals surface area contributed by atoms with Gasteiger partial charge in [-0.1, -0.05) is 12.1 Å². The largest absolute Gasteiger partial charge is 0.496 e. The number of ether oxygens (including phenoxy) is 1. The zero-order valence-electron chi connectivity index (χ0n) is 11.6. The number of rotatable bonds is 5. The van der Waals surface area contributed by atoms with E-state index in [1.54, 1.807) is 13.3 Å². The molecule has 1 aromatic heterocycles. The molecule has 104 valence electrons. The third-order valence-corrected chi connectivity index (χ3v) is 3.24. The average Bonchev–Trinajstić information content (AvgIpc) is 2.46. The lowest BCUT2D eigenvalue weighted by Gasteiger charge is -2.10. The van der Waals surface area contributed by atoms with E-state index >= 15 is 0 Å². The molecule has 20 heavy (non-hydrogen) atoms. The molecular formula is C16H17NO3. The van der Waals surface area contributed by atoms with E-state index in [9.17, 15) is 4.79 Å². The molecule has 0 bridgehead atoms. The highest BCUT2D eigenvalue weighted by Crippen LogP contribution is 2.22. The van der Waals surface area contributed by atoms with Crippen LogP contribution in [0.3, 0.4) is 0 Å². The number of carboxylic acids is 1. The molecule has 4 heteroatoms. The zero-order chi connectivity index (χ0) is 14.5. The van der Waals surface area contributed by atoms with Crippen LogP contribution in [0, 0.1) is 6.92 Å². The Morgan fingerprint density at radius 2 is 2.00 bits per heavy atom. The van der Waals surface area contributed by atoms with Crippen molar-refractivity contribution in [1.29, 1.82) is 0 Å². The number of aromatic carboxylic acids is 1. The Bertz CT molecular complexity index is 623. The fourth-order valence-corrected chi connectivity index (χ4v) is 2.16. The van der Waals surface area contributed by atoms with E-state index in [4.69, 9.17) is 9.84 Å². The minimum absolute atomic E-state index is 0.311. The topological polar surface area (TPSA) is 59.4 Å². The van der Waals surface area contributed by atoms with Crippen LogP contribution in [0.4, 0.5) is 0 Å². The summed E-state index contributed by atoms with van der Waals surface area (Å²) >= 11 is 0. The first-order chi connectivity index (χ1) is 9.61. The number of hydrogen-bond donors (Lipinski definition) is 1. The molecule has 0 amide bonds. The van der Waals surface area contributed by atoms with Crippen molar-refractivity contribution in [2.45, 2.75) is 19.8 Å². The predicted molar refractivity (Wildman–Crippen MR) is 76.3 cm³/mol. The van der Waals surface area contributed by atoms with Crippen molar-refractivity contribution in [3.8, 4) is 5.75 Å². The maximum atomic E-state index is 11.1. The number of benzene rings is 1. The quantitative estimate of drug-likeness (QED) is 0.908. The van der Waals surface area contributed by atoms with Crippen molar-refractivity contribution in [2.24, 2.45) is 0 Å². The fourth-order valence-electron chi connectivity index (χ4n) is 2.16. The van der Waals surface area contributed by atoms with Crippen LogP contribution in [0.1, 0.15) is 27.0 Å². The minimum atomic E-state index is -0.918. The summed E-state index contributed by atoms with van der Waals surface area (Å²) in [5.74, 6) is -0.0796. The van der Waals surface area contributed by atoms with Gasteiger partial charge in [-0.2, -0.15) is 0 Å². The van der Waals surface area contributed by atoms with E-state index in [1.165, 1.54) is 12.3 Å². The standard InChI is InChI=1S/C16H17NO3/c1-11-3-4-12(15(9-11)20-2)5-6-13-10-17-8-7-14(13)16(18)19/h3-4,7-10H,5-6H2,1-2H3,(H,18,19). The molecule has 0 saturated heterocycles. The summed E-state index contributed by atoms with van der Waals surface area (Å²) in [5, 5.41) is 9.15. The SMILES string of the molecule is COc1cc(C)ccc1CCc1cnccc1C(=O)O. The predicted octanol–water partition coefficient (Wildman–Crippen LogP) is 2.88. The Balaban J connectivity index is 2.19. The summed E-state index contributed by atoms with van der Waals surface area (Å²) in [6.07, 6.45) is 4.45. The summed E-state index contributed by atoms with van der Waals surface area (Å²) in [6.45, 7) is 2.01. The lowest BCUT2D eigenvalue weighted by atomic mass is 10.0. The molecule has 1 heterocycles. The van der Waals surface area contributed by atoms with Gasteiger partial charge in [-0.15, -0.1) is 0 Å². The highest BCUT2D eigenvalue weighted by atomic mass is 16.5. The second-order valence-electron chi connectivity index (χ2n) is 4.65. The van der Waals surface area contributed by atoms with Crippen LogP contribution in [0.2, 0.25) is 0 Å². The monoisotopic (exact) mass is 271 g/mol. The first kappa shape index (κ1) is 14.1. The minimum Gasteiger partial charge on any atom is -0.496 e. The van der Waals surface area contributed by atoms with Gasteiger partial charge in [0.05, 0.1) is 12.7 Å². The molecule has 1 aromatic carbocycles. The van der Waals surface area contributed by atoms with Crippen molar-refractivity contribution in [1.82, 2.24) is 4.98 Å². The number of aryl methyl sites for hydroxylation is 3. The van der Waals surface area contributed by atoms with Crippen LogP contribution in [0.25, 0.3) is 0 Å². The lowest BCUT2D eigenvalue weighted by molar-refractivity contribution is 0.0695. The highest BCUT2D eigenvalue weighted by Gasteiger charge is 2.11. The van der Waals surface area contributed by atoms with Crippen LogP contribution in [0.15, 0.2) is 36.7 Å². The number of pyridine rings is 1. The van der Waals surface area contributed by atoms with Gasteiger partial charge in [0, 0.05) is 12.4 Å². The second kappa shape index (κ2) is 6.19. The van der Waals surface area contributed by atoms with Gasteiger partial charge in [-0.05, 0) is 48.6 Å². The maximum absolute atomic E-state index is 11.1. The van der Waals surface area contributed by atoms with Crippen LogP contribution in [-0.2, 0) is 12.8 Å². The van der Waals surface area contributed by atoms with Gasteiger partial charge in [-0.25, -0.2) is 4.79 Å². The van der Waals surface area contributed by atoms with Gasteiger partial charge in [0.1, 0.15) is 5.75 Å². The van der Waals surface area contributed by atoms with E-state index in [-0.39, 0.29) is 0 Å². The number of nitrogens with zero attached hydrogens (tertiary/aromatic N) is 1. The molecule has 4 nitrogen and oxygen atoms in total. The Morgan fingerprint density at radius 3 is 2.70 bits per heavy atom. The van der Waals surface area contributed by atoms with E-state index in [0.717, 1.165) is 28.9 Å². The van der Waals surface area contributed by atoms with Gasteiger partial charge >= 0.3 is 5.97 Å². The summed E-state index contributed by atoms with van der Waals surface area (Å²) in [5.41, 5.74) is 3.25. The van der Waals surface area contributed by atoms with Gasteiger partial charge in [-0.3, -0.25) is 4.98 Å². The van der Waals surface area contributed by atoms with Gasteiger partial charge in [0.15, 0.2) is 0 Å². The first-order valence-corrected chi connectivity index (χ1v) is 6.41. The first-order valence-electron chi connectivity index (χ1n) is 6.41. The van der Waals surface area contributed by atoms with Crippen molar-refractivity contribution >= 4 is 5.97 Å². The molecule has 0 spiro atoms. The Kier molecular flexibility index (Phi) is 4.35. The van der Waals surface area contributed by atoms with Crippen LogP contribution in [0.5, 0.6) is 5.75 Å². The summed E-state index contributed by atoms with van der Waals surface area (Å²) in [7, 11) is 1.64. The maximum Gasteiger partial charge on any atom is 0.336 e.